The normalized spacial score (nSPS) is 21.9. The fraction of sp³-hybridized carbons (Fsp3) is 0.400. The van der Waals surface area contributed by atoms with Gasteiger partial charge in [0.2, 0.25) is 0 Å². The van der Waals surface area contributed by atoms with Gasteiger partial charge < -0.3 is 15.5 Å². The minimum atomic E-state index is -0.310. The maximum absolute atomic E-state index is 12.3. The first-order valence-electron chi connectivity index (χ1n) is 7.15. The first kappa shape index (κ1) is 14.5. The molecule has 1 aliphatic carbocycles. The van der Waals surface area contributed by atoms with Crippen LogP contribution in [0.15, 0.2) is 30.7 Å². The fourth-order valence-corrected chi connectivity index (χ4v) is 2.71. The number of nitrogens with zero attached hydrogens (tertiary/aromatic N) is 3. The number of aromatic hydroxyl groups is 1. The van der Waals surface area contributed by atoms with Crippen molar-refractivity contribution in [1.29, 1.82) is 0 Å². The van der Waals surface area contributed by atoms with Crippen molar-refractivity contribution in [2.75, 3.05) is 0 Å². The van der Waals surface area contributed by atoms with Crippen LogP contribution in [0, 0.1) is 5.92 Å². The quantitative estimate of drug-likeness (QED) is 0.774. The Morgan fingerprint density at radius 3 is 2.73 bits per heavy atom. The molecule has 0 aromatic carbocycles. The van der Waals surface area contributed by atoms with Gasteiger partial charge in [-0.2, -0.15) is 5.10 Å². The average molecular weight is 302 g/mol. The van der Waals surface area contributed by atoms with E-state index in [1.54, 1.807) is 10.9 Å². The van der Waals surface area contributed by atoms with Crippen LogP contribution in [-0.4, -0.2) is 37.0 Å². The van der Waals surface area contributed by atoms with Gasteiger partial charge >= 0.3 is 0 Å². The van der Waals surface area contributed by atoms with Crippen molar-refractivity contribution in [3.05, 3.63) is 42.0 Å². The third-order valence-electron chi connectivity index (χ3n) is 3.97. The Labute approximate surface area is 127 Å². The van der Waals surface area contributed by atoms with Gasteiger partial charge in [0.25, 0.3) is 5.91 Å². The lowest BCUT2D eigenvalue weighted by molar-refractivity contribution is 0.0234. The van der Waals surface area contributed by atoms with Crippen molar-refractivity contribution in [2.24, 2.45) is 13.0 Å². The van der Waals surface area contributed by atoms with Gasteiger partial charge in [0.05, 0.1) is 24.5 Å². The Balaban J connectivity index is 1.77. The van der Waals surface area contributed by atoms with E-state index in [1.165, 1.54) is 18.3 Å². The third-order valence-corrected chi connectivity index (χ3v) is 3.97. The molecule has 0 aliphatic heterocycles. The van der Waals surface area contributed by atoms with Crippen LogP contribution in [-0.2, 0) is 7.05 Å². The number of hydrogen-bond donors (Lipinski definition) is 3. The number of aliphatic hydroxyl groups excluding tert-OH is 1. The van der Waals surface area contributed by atoms with Crippen LogP contribution in [0.25, 0.3) is 0 Å². The second-order valence-electron chi connectivity index (χ2n) is 5.69. The maximum Gasteiger partial charge on any atom is 0.270 e. The summed E-state index contributed by atoms with van der Waals surface area (Å²) in [5, 5.41) is 25.9. The van der Waals surface area contributed by atoms with Gasteiger partial charge in [-0.3, -0.25) is 9.48 Å². The molecule has 2 aromatic heterocycles. The number of nitrogens with one attached hydrogen (secondary N) is 1. The number of hydrogen-bond acceptors (Lipinski definition) is 5. The zero-order valence-corrected chi connectivity index (χ0v) is 12.2. The van der Waals surface area contributed by atoms with Crippen molar-refractivity contribution in [3.8, 4) is 5.75 Å². The molecule has 1 saturated carbocycles. The summed E-state index contributed by atoms with van der Waals surface area (Å²) in [5.74, 6) is -0.113. The highest BCUT2D eigenvalue weighted by atomic mass is 16.3. The summed E-state index contributed by atoms with van der Waals surface area (Å²) < 4.78 is 1.68. The molecule has 1 aliphatic rings. The Kier molecular flexibility index (Phi) is 3.81. The van der Waals surface area contributed by atoms with Crippen LogP contribution in [0.4, 0.5) is 0 Å². The van der Waals surface area contributed by atoms with Crippen LogP contribution < -0.4 is 5.32 Å². The van der Waals surface area contributed by atoms with E-state index in [0.717, 1.165) is 5.56 Å². The van der Waals surface area contributed by atoms with Crippen molar-refractivity contribution in [3.63, 3.8) is 0 Å². The second kappa shape index (κ2) is 5.76. The molecule has 7 heteroatoms. The number of pyridine rings is 1. The van der Waals surface area contributed by atoms with Gasteiger partial charge in [-0.1, -0.05) is 0 Å². The largest absolute Gasteiger partial charge is 0.506 e. The molecule has 0 radical (unpaired) electrons. The molecular formula is C15H18N4O3. The van der Waals surface area contributed by atoms with Crippen molar-refractivity contribution >= 4 is 5.91 Å². The first-order valence-corrected chi connectivity index (χ1v) is 7.15. The second-order valence-corrected chi connectivity index (χ2v) is 5.69. The third kappa shape index (κ3) is 2.94. The Bertz CT molecular complexity index is 662. The number of carbonyl (C=O) groups excluding carboxylic acids is 1. The van der Waals surface area contributed by atoms with Gasteiger partial charge in [-0.25, -0.2) is 4.98 Å². The molecule has 2 heterocycles. The first-order chi connectivity index (χ1) is 10.5. The van der Waals surface area contributed by atoms with Crippen molar-refractivity contribution in [2.45, 2.75) is 25.0 Å². The molecule has 0 spiro atoms. The number of carbonyl (C=O) groups is 1. The SMILES string of the molecule is Cn1cc(C(NC(=O)c2ccc(O)cn2)C2CC(O)C2)cn1. The highest BCUT2D eigenvalue weighted by molar-refractivity contribution is 5.92. The number of rotatable bonds is 4. The number of amides is 1. The summed E-state index contributed by atoms with van der Waals surface area (Å²) in [6, 6.07) is 2.69. The lowest BCUT2D eigenvalue weighted by Gasteiger charge is -2.37. The number of aromatic nitrogens is 3. The zero-order chi connectivity index (χ0) is 15.7. The molecular weight excluding hydrogens is 284 g/mol. The van der Waals surface area contributed by atoms with Crippen LogP contribution in [0.2, 0.25) is 0 Å². The number of aliphatic hydroxyl groups is 1. The van der Waals surface area contributed by atoms with E-state index in [2.05, 4.69) is 15.4 Å². The minimum absolute atomic E-state index is 0.0162. The predicted octanol–water partition coefficient (Wildman–Crippen LogP) is 0.763. The highest BCUT2D eigenvalue weighted by Crippen LogP contribution is 2.38. The Morgan fingerprint density at radius 2 is 2.18 bits per heavy atom. The van der Waals surface area contributed by atoms with Crippen LogP contribution in [0.1, 0.15) is 34.9 Å². The van der Waals surface area contributed by atoms with Crippen LogP contribution in [0.5, 0.6) is 5.75 Å². The van der Waals surface area contributed by atoms with E-state index in [1.807, 2.05) is 13.2 Å². The van der Waals surface area contributed by atoms with Crippen LogP contribution in [0.3, 0.4) is 0 Å². The molecule has 2 aromatic rings. The minimum Gasteiger partial charge on any atom is -0.506 e. The lowest BCUT2D eigenvalue weighted by atomic mass is 9.75. The monoisotopic (exact) mass is 302 g/mol. The summed E-state index contributed by atoms with van der Waals surface area (Å²) in [4.78, 5) is 16.2. The Morgan fingerprint density at radius 1 is 1.41 bits per heavy atom. The van der Waals surface area contributed by atoms with Crippen molar-refractivity contribution in [1.82, 2.24) is 20.1 Å². The molecule has 7 nitrogen and oxygen atoms in total. The van der Waals surface area contributed by atoms with Gasteiger partial charge in [-0.05, 0) is 30.9 Å². The van der Waals surface area contributed by atoms with E-state index >= 15 is 0 Å². The Hall–Kier alpha value is -2.41. The van der Waals surface area contributed by atoms with E-state index in [0.29, 0.717) is 12.8 Å². The fourth-order valence-electron chi connectivity index (χ4n) is 2.71. The molecule has 1 fully saturated rings. The van der Waals surface area contributed by atoms with Crippen LogP contribution >= 0.6 is 0 Å². The lowest BCUT2D eigenvalue weighted by Crippen LogP contribution is -2.41. The van der Waals surface area contributed by atoms with Gasteiger partial charge in [-0.15, -0.1) is 0 Å². The predicted molar refractivity (Wildman–Crippen MR) is 78.0 cm³/mol. The summed E-state index contributed by atoms with van der Waals surface area (Å²) in [5.41, 5.74) is 1.15. The van der Waals surface area contributed by atoms with Crippen molar-refractivity contribution < 1.29 is 15.0 Å². The summed E-state index contributed by atoms with van der Waals surface area (Å²) >= 11 is 0. The van der Waals surface area contributed by atoms with E-state index < -0.39 is 0 Å². The maximum atomic E-state index is 12.3. The average Bonchev–Trinajstić information content (AvgIpc) is 2.89. The standard InChI is InChI=1S/C15H18N4O3/c1-19-8-10(6-17-19)14(9-4-12(21)5-9)18-15(22)13-3-2-11(20)7-16-13/h2-3,6-9,12,14,20-21H,4-5H2,1H3,(H,18,22). The summed E-state index contributed by atoms with van der Waals surface area (Å²) in [7, 11) is 1.82. The van der Waals surface area contributed by atoms with E-state index in [-0.39, 0.29) is 35.4 Å². The van der Waals surface area contributed by atoms with Gasteiger partial charge in [0, 0.05) is 18.8 Å². The molecule has 0 bridgehead atoms. The summed E-state index contributed by atoms with van der Waals surface area (Å²) in [6.45, 7) is 0. The number of aryl methyl sites for hydroxylation is 1. The molecule has 1 unspecified atom stereocenters. The molecule has 3 N–H and O–H groups in total. The molecule has 22 heavy (non-hydrogen) atoms. The van der Waals surface area contributed by atoms with Gasteiger partial charge in [0.1, 0.15) is 11.4 Å². The van der Waals surface area contributed by atoms with E-state index in [4.69, 9.17) is 0 Å². The molecule has 0 saturated heterocycles. The molecule has 1 atom stereocenters. The van der Waals surface area contributed by atoms with Gasteiger partial charge in [0.15, 0.2) is 0 Å². The smallest absolute Gasteiger partial charge is 0.270 e. The highest BCUT2D eigenvalue weighted by Gasteiger charge is 2.36. The summed E-state index contributed by atoms with van der Waals surface area (Å²) in [6.07, 6.45) is 5.83. The molecule has 116 valence electrons. The zero-order valence-electron chi connectivity index (χ0n) is 12.2. The van der Waals surface area contributed by atoms with E-state index in [9.17, 15) is 15.0 Å². The molecule has 3 rings (SSSR count). The molecule has 1 amide bonds. The topological polar surface area (TPSA) is 100 Å².